The molecule has 1 rings (SSSR count). The molecule has 0 atom stereocenters. The van der Waals surface area contributed by atoms with Crippen LogP contribution >= 0.6 is 0 Å². The van der Waals surface area contributed by atoms with Gasteiger partial charge in [0.25, 0.3) is 0 Å². The molecule has 0 aliphatic carbocycles. The van der Waals surface area contributed by atoms with Crippen molar-refractivity contribution in [2.45, 2.75) is 4.90 Å². The molecule has 0 unspecified atom stereocenters. The number of sulfonamides is 1. The minimum Gasteiger partial charge on any atom is -0.468 e. The van der Waals surface area contributed by atoms with Crippen molar-refractivity contribution in [1.82, 2.24) is 4.72 Å². The van der Waals surface area contributed by atoms with E-state index in [2.05, 4.69) is 9.47 Å². The Balaban J connectivity index is 3.17. The molecule has 1 aromatic rings. The number of carbonyl (C=O) groups is 2. The Kier molecular flexibility index (Phi) is 5.06. The van der Waals surface area contributed by atoms with Crippen molar-refractivity contribution in [2.75, 3.05) is 26.5 Å². The molecule has 0 radical (unpaired) electrons. The first kappa shape index (κ1) is 15.9. The Morgan fingerprint density at radius 1 is 1.25 bits per heavy atom. The van der Waals surface area contributed by atoms with Crippen LogP contribution in [0.25, 0.3) is 0 Å². The van der Waals surface area contributed by atoms with Crippen molar-refractivity contribution in [3.8, 4) is 0 Å². The van der Waals surface area contributed by atoms with Crippen LogP contribution in [0.5, 0.6) is 0 Å². The van der Waals surface area contributed by atoms with Crippen LogP contribution in [0.1, 0.15) is 10.4 Å². The standard InChI is InChI=1S/C11H14N2O6S/c1-18-10(14)6-13-20(16,17)9-4-3-7(12)5-8(9)11(15)19-2/h3-5,13H,6,12H2,1-2H3. The van der Waals surface area contributed by atoms with E-state index in [9.17, 15) is 18.0 Å². The highest BCUT2D eigenvalue weighted by Crippen LogP contribution is 2.19. The summed E-state index contributed by atoms with van der Waals surface area (Å²) in [6, 6.07) is 3.65. The number of nitrogens with two attached hydrogens (primary N) is 1. The van der Waals surface area contributed by atoms with Crippen molar-refractivity contribution in [2.24, 2.45) is 0 Å². The number of esters is 2. The molecule has 0 aromatic heterocycles. The molecule has 9 heteroatoms. The van der Waals surface area contributed by atoms with Crippen LogP contribution < -0.4 is 10.5 Å². The lowest BCUT2D eigenvalue weighted by Crippen LogP contribution is -2.31. The van der Waals surface area contributed by atoms with Crippen LogP contribution in [-0.4, -0.2) is 41.1 Å². The van der Waals surface area contributed by atoms with Crippen molar-refractivity contribution in [1.29, 1.82) is 0 Å². The SMILES string of the molecule is COC(=O)CNS(=O)(=O)c1ccc(N)cc1C(=O)OC. The topological polar surface area (TPSA) is 125 Å². The van der Waals surface area contributed by atoms with Gasteiger partial charge in [-0.05, 0) is 18.2 Å². The molecule has 0 aliphatic rings. The van der Waals surface area contributed by atoms with Crippen LogP contribution in [-0.2, 0) is 24.3 Å². The third-order valence-electron chi connectivity index (χ3n) is 2.33. The maximum Gasteiger partial charge on any atom is 0.339 e. The zero-order valence-corrected chi connectivity index (χ0v) is 11.7. The third-order valence-corrected chi connectivity index (χ3v) is 3.79. The van der Waals surface area contributed by atoms with Gasteiger partial charge in [-0.3, -0.25) is 4.79 Å². The number of rotatable bonds is 5. The summed E-state index contributed by atoms with van der Waals surface area (Å²) >= 11 is 0. The predicted octanol–water partition coefficient (Wildman–Crippen LogP) is -0.493. The Morgan fingerprint density at radius 3 is 2.45 bits per heavy atom. The fourth-order valence-electron chi connectivity index (χ4n) is 1.36. The van der Waals surface area contributed by atoms with Gasteiger partial charge >= 0.3 is 11.9 Å². The van der Waals surface area contributed by atoms with E-state index >= 15 is 0 Å². The number of ether oxygens (including phenoxy) is 2. The Bertz CT molecular complexity index is 626. The highest BCUT2D eigenvalue weighted by molar-refractivity contribution is 7.89. The number of methoxy groups -OCH3 is 2. The van der Waals surface area contributed by atoms with Gasteiger partial charge in [0.2, 0.25) is 10.0 Å². The van der Waals surface area contributed by atoms with Crippen molar-refractivity contribution >= 4 is 27.6 Å². The largest absolute Gasteiger partial charge is 0.468 e. The Labute approximate surface area is 115 Å². The molecule has 0 aliphatic heterocycles. The van der Waals surface area contributed by atoms with Crippen LogP contribution in [0.15, 0.2) is 23.1 Å². The van der Waals surface area contributed by atoms with Crippen LogP contribution in [0, 0.1) is 0 Å². The lowest BCUT2D eigenvalue weighted by Gasteiger charge is -2.10. The van der Waals surface area contributed by atoms with Gasteiger partial charge in [0.1, 0.15) is 6.54 Å². The number of nitrogens with one attached hydrogen (secondary N) is 1. The van der Waals surface area contributed by atoms with E-state index in [0.717, 1.165) is 20.3 Å². The van der Waals surface area contributed by atoms with Crippen LogP contribution in [0.3, 0.4) is 0 Å². The lowest BCUT2D eigenvalue weighted by molar-refractivity contribution is -0.139. The van der Waals surface area contributed by atoms with E-state index in [-0.39, 0.29) is 16.1 Å². The quantitative estimate of drug-likeness (QED) is 0.555. The molecule has 0 heterocycles. The first-order valence-corrected chi connectivity index (χ1v) is 6.84. The predicted molar refractivity (Wildman–Crippen MR) is 69.4 cm³/mol. The zero-order valence-electron chi connectivity index (χ0n) is 10.9. The van der Waals surface area contributed by atoms with Gasteiger partial charge in [0, 0.05) is 5.69 Å². The molecular formula is C11H14N2O6S. The number of anilines is 1. The fourth-order valence-corrected chi connectivity index (χ4v) is 2.50. The van der Waals surface area contributed by atoms with Crippen molar-refractivity contribution in [3.05, 3.63) is 23.8 Å². The molecule has 0 saturated carbocycles. The van der Waals surface area contributed by atoms with Crippen molar-refractivity contribution < 1.29 is 27.5 Å². The minimum atomic E-state index is -4.08. The van der Waals surface area contributed by atoms with Gasteiger partial charge < -0.3 is 15.2 Å². The van der Waals surface area contributed by atoms with E-state index in [1.165, 1.54) is 12.1 Å². The summed E-state index contributed by atoms with van der Waals surface area (Å²) in [7, 11) is -1.84. The molecule has 20 heavy (non-hydrogen) atoms. The van der Waals surface area contributed by atoms with E-state index in [1.54, 1.807) is 0 Å². The summed E-state index contributed by atoms with van der Waals surface area (Å²) in [6.07, 6.45) is 0. The number of hydrogen-bond acceptors (Lipinski definition) is 7. The van der Waals surface area contributed by atoms with E-state index in [0.29, 0.717) is 0 Å². The molecule has 0 fully saturated rings. The lowest BCUT2D eigenvalue weighted by atomic mass is 10.2. The Hall–Kier alpha value is -2.13. The second kappa shape index (κ2) is 6.35. The molecule has 1 aromatic carbocycles. The van der Waals surface area contributed by atoms with E-state index in [4.69, 9.17) is 5.73 Å². The fraction of sp³-hybridized carbons (Fsp3) is 0.273. The summed E-state index contributed by atoms with van der Waals surface area (Å²) in [5.74, 6) is -1.61. The minimum absolute atomic E-state index is 0.206. The molecule has 110 valence electrons. The second-order valence-corrected chi connectivity index (χ2v) is 5.38. The molecule has 0 saturated heterocycles. The monoisotopic (exact) mass is 302 g/mol. The molecule has 3 N–H and O–H groups in total. The normalized spacial score (nSPS) is 10.9. The highest BCUT2D eigenvalue weighted by Gasteiger charge is 2.23. The smallest absolute Gasteiger partial charge is 0.339 e. The molecule has 0 bridgehead atoms. The maximum atomic E-state index is 12.0. The van der Waals surface area contributed by atoms with E-state index < -0.39 is 28.5 Å². The highest BCUT2D eigenvalue weighted by atomic mass is 32.2. The van der Waals surface area contributed by atoms with Gasteiger partial charge in [0.15, 0.2) is 0 Å². The van der Waals surface area contributed by atoms with Crippen LogP contribution in [0.4, 0.5) is 5.69 Å². The average Bonchev–Trinajstić information content (AvgIpc) is 2.43. The summed E-state index contributed by atoms with van der Waals surface area (Å²) in [6.45, 7) is -0.552. The van der Waals surface area contributed by atoms with E-state index in [1.807, 2.05) is 4.72 Å². The van der Waals surface area contributed by atoms with Gasteiger partial charge in [-0.25, -0.2) is 13.2 Å². The Morgan fingerprint density at radius 2 is 1.90 bits per heavy atom. The summed E-state index contributed by atoms with van der Waals surface area (Å²) < 4.78 is 34.9. The third kappa shape index (κ3) is 3.68. The van der Waals surface area contributed by atoms with Gasteiger partial charge in [-0.1, -0.05) is 0 Å². The molecule has 0 spiro atoms. The van der Waals surface area contributed by atoms with Gasteiger partial charge in [-0.2, -0.15) is 4.72 Å². The van der Waals surface area contributed by atoms with Crippen molar-refractivity contribution in [3.63, 3.8) is 0 Å². The molecule has 8 nitrogen and oxygen atoms in total. The maximum absolute atomic E-state index is 12.0. The van der Waals surface area contributed by atoms with Gasteiger partial charge in [-0.15, -0.1) is 0 Å². The first-order chi connectivity index (χ1) is 9.31. The number of hydrogen-bond donors (Lipinski definition) is 2. The van der Waals surface area contributed by atoms with Crippen LogP contribution in [0.2, 0.25) is 0 Å². The molecule has 0 amide bonds. The average molecular weight is 302 g/mol. The first-order valence-electron chi connectivity index (χ1n) is 5.36. The second-order valence-electron chi connectivity index (χ2n) is 3.65. The van der Waals surface area contributed by atoms with Gasteiger partial charge in [0.05, 0.1) is 24.7 Å². The summed E-state index contributed by atoms with van der Waals surface area (Å²) in [5, 5.41) is 0. The molecular weight excluding hydrogens is 288 g/mol. The number of benzene rings is 1. The number of nitrogen functional groups attached to an aromatic ring is 1. The summed E-state index contributed by atoms with van der Waals surface area (Å²) in [5.41, 5.74) is 5.50. The summed E-state index contributed by atoms with van der Waals surface area (Å²) in [4.78, 5) is 22.2. The zero-order chi connectivity index (χ0) is 15.3. The number of carbonyl (C=O) groups excluding carboxylic acids is 2.